The lowest BCUT2D eigenvalue weighted by Crippen LogP contribution is -2.51. The highest BCUT2D eigenvalue weighted by molar-refractivity contribution is 5.94. The lowest BCUT2D eigenvalue weighted by atomic mass is 10.1. The molecule has 22 heavy (non-hydrogen) atoms. The molecule has 114 valence electrons. The first-order valence-corrected chi connectivity index (χ1v) is 7.48. The number of nitrogens with zero attached hydrogens (tertiary/aromatic N) is 2. The first-order chi connectivity index (χ1) is 10.7. The second-order valence-electron chi connectivity index (χ2n) is 5.44. The topological polar surface area (TPSA) is 56.4 Å². The Morgan fingerprint density at radius 1 is 0.955 bits per heavy atom. The van der Waals surface area contributed by atoms with Crippen LogP contribution in [0.1, 0.15) is 15.9 Å². The highest BCUT2D eigenvalue weighted by Gasteiger charge is 2.24. The average Bonchev–Trinajstić information content (AvgIpc) is 3.08. The maximum absolute atomic E-state index is 12.4. The number of carbonyl (C=O) groups excluding carboxylic acids is 2. The number of aromatic nitrogens is 1. The van der Waals surface area contributed by atoms with E-state index < -0.39 is 0 Å². The van der Waals surface area contributed by atoms with Crippen molar-refractivity contribution in [2.75, 3.05) is 26.2 Å². The lowest BCUT2D eigenvalue weighted by Gasteiger charge is -2.34. The van der Waals surface area contributed by atoms with Gasteiger partial charge in [0.2, 0.25) is 5.91 Å². The Morgan fingerprint density at radius 2 is 1.64 bits per heavy atom. The first-order valence-electron chi connectivity index (χ1n) is 7.48. The number of aromatic amines is 1. The number of carbonyl (C=O) groups is 2. The summed E-state index contributed by atoms with van der Waals surface area (Å²) in [6.07, 6.45) is 4.07. The highest BCUT2D eigenvalue weighted by atomic mass is 16.2. The molecule has 1 aliphatic heterocycles. The average molecular weight is 297 g/mol. The van der Waals surface area contributed by atoms with Crippen LogP contribution in [0, 0.1) is 0 Å². The number of piperazine rings is 1. The van der Waals surface area contributed by atoms with Crippen molar-refractivity contribution in [1.29, 1.82) is 0 Å². The van der Waals surface area contributed by atoms with E-state index in [4.69, 9.17) is 0 Å². The van der Waals surface area contributed by atoms with E-state index in [0.717, 1.165) is 5.56 Å². The van der Waals surface area contributed by atoms with Gasteiger partial charge in [0.1, 0.15) is 0 Å². The third-order valence-electron chi connectivity index (χ3n) is 3.96. The Hall–Kier alpha value is -2.56. The molecule has 3 rings (SSSR count). The Bertz CT molecular complexity index is 629. The van der Waals surface area contributed by atoms with E-state index >= 15 is 0 Å². The summed E-state index contributed by atoms with van der Waals surface area (Å²) in [5.41, 5.74) is 1.70. The Kier molecular flexibility index (Phi) is 4.23. The van der Waals surface area contributed by atoms with E-state index in [9.17, 15) is 9.59 Å². The maximum Gasteiger partial charge on any atom is 0.253 e. The summed E-state index contributed by atoms with van der Waals surface area (Å²) >= 11 is 0. The smallest absolute Gasteiger partial charge is 0.253 e. The van der Waals surface area contributed by atoms with Gasteiger partial charge in [-0.3, -0.25) is 9.59 Å². The Morgan fingerprint density at radius 3 is 2.27 bits per heavy atom. The van der Waals surface area contributed by atoms with E-state index in [1.54, 1.807) is 0 Å². The summed E-state index contributed by atoms with van der Waals surface area (Å²) in [7, 11) is 0. The van der Waals surface area contributed by atoms with Crippen molar-refractivity contribution in [3.8, 4) is 0 Å². The molecule has 1 fully saturated rings. The zero-order chi connectivity index (χ0) is 15.4. The number of H-pyrrole nitrogens is 1. The van der Waals surface area contributed by atoms with Gasteiger partial charge in [-0.05, 0) is 23.8 Å². The number of nitrogens with one attached hydrogen (secondary N) is 1. The summed E-state index contributed by atoms with van der Waals surface area (Å²) in [6, 6.07) is 11.2. The van der Waals surface area contributed by atoms with Crippen molar-refractivity contribution in [1.82, 2.24) is 14.8 Å². The zero-order valence-corrected chi connectivity index (χ0v) is 12.4. The number of benzene rings is 1. The highest BCUT2D eigenvalue weighted by Crippen LogP contribution is 2.10. The van der Waals surface area contributed by atoms with E-state index in [2.05, 4.69) is 4.98 Å². The number of amides is 2. The summed E-state index contributed by atoms with van der Waals surface area (Å²) in [4.78, 5) is 31.2. The normalized spacial score (nSPS) is 14.9. The van der Waals surface area contributed by atoms with Gasteiger partial charge in [-0.15, -0.1) is 0 Å². The molecule has 0 spiro atoms. The van der Waals surface area contributed by atoms with Gasteiger partial charge in [0, 0.05) is 44.1 Å². The molecule has 2 heterocycles. The lowest BCUT2D eigenvalue weighted by molar-refractivity contribution is -0.131. The molecule has 0 bridgehead atoms. The summed E-state index contributed by atoms with van der Waals surface area (Å²) < 4.78 is 0. The van der Waals surface area contributed by atoms with Gasteiger partial charge < -0.3 is 14.8 Å². The van der Waals surface area contributed by atoms with Crippen molar-refractivity contribution in [2.45, 2.75) is 6.42 Å². The van der Waals surface area contributed by atoms with E-state index in [1.807, 2.05) is 58.6 Å². The van der Waals surface area contributed by atoms with Gasteiger partial charge in [0.05, 0.1) is 6.42 Å². The fourth-order valence-electron chi connectivity index (χ4n) is 2.68. The van der Waals surface area contributed by atoms with Crippen molar-refractivity contribution in [3.05, 3.63) is 59.9 Å². The molecule has 1 aromatic carbocycles. The van der Waals surface area contributed by atoms with Crippen LogP contribution in [0.3, 0.4) is 0 Å². The largest absolute Gasteiger partial charge is 0.367 e. The molecule has 5 nitrogen and oxygen atoms in total. The van der Waals surface area contributed by atoms with Crippen molar-refractivity contribution in [2.24, 2.45) is 0 Å². The van der Waals surface area contributed by atoms with Crippen LogP contribution in [0.15, 0.2) is 48.8 Å². The molecule has 0 radical (unpaired) electrons. The molecule has 5 heteroatoms. The van der Waals surface area contributed by atoms with Gasteiger partial charge in [0.15, 0.2) is 0 Å². The van der Waals surface area contributed by atoms with Crippen LogP contribution in [-0.2, 0) is 11.2 Å². The standard InChI is InChI=1S/C17H19N3O2/c21-16(12-14-6-7-18-13-14)19-8-10-20(11-9-19)17(22)15-4-2-1-3-5-15/h1-7,13,18H,8-12H2. The third-order valence-corrected chi connectivity index (χ3v) is 3.96. The first kappa shape index (κ1) is 14.4. The zero-order valence-electron chi connectivity index (χ0n) is 12.4. The predicted molar refractivity (Wildman–Crippen MR) is 83.4 cm³/mol. The van der Waals surface area contributed by atoms with Crippen molar-refractivity contribution < 1.29 is 9.59 Å². The molecule has 1 aliphatic rings. The third kappa shape index (κ3) is 3.19. The summed E-state index contributed by atoms with van der Waals surface area (Å²) in [6.45, 7) is 2.38. The van der Waals surface area contributed by atoms with Gasteiger partial charge >= 0.3 is 0 Å². The SMILES string of the molecule is O=C(Cc1cc[nH]c1)N1CCN(C(=O)c2ccccc2)CC1. The van der Waals surface area contributed by atoms with Crippen LogP contribution < -0.4 is 0 Å². The minimum Gasteiger partial charge on any atom is -0.367 e. The van der Waals surface area contributed by atoms with Crippen LogP contribution in [0.4, 0.5) is 0 Å². The van der Waals surface area contributed by atoms with Crippen LogP contribution in [0.5, 0.6) is 0 Å². The van der Waals surface area contributed by atoms with E-state index in [0.29, 0.717) is 38.2 Å². The van der Waals surface area contributed by atoms with Crippen LogP contribution >= 0.6 is 0 Å². The predicted octanol–water partition coefficient (Wildman–Crippen LogP) is 1.54. The van der Waals surface area contributed by atoms with Gasteiger partial charge in [0.25, 0.3) is 5.91 Å². The molecular weight excluding hydrogens is 278 g/mol. The fourth-order valence-corrected chi connectivity index (χ4v) is 2.68. The Balaban J connectivity index is 1.54. The number of hydrogen-bond donors (Lipinski definition) is 1. The second kappa shape index (κ2) is 6.47. The molecule has 0 aliphatic carbocycles. The van der Waals surface area contributed by atoms with Crippen molar-refractivity contribution >= 4 is 11.8 Å². The molecule has 0 atom stereocenters. The molecule has 0 saturated carbocycles. The quantitative estimate of drug-likeness (QED) is 0.934. The molecule has 2 amide bonds. The molecule has 2 aromatic rings. The molecule has 1 saturated heterocycles. The van der Waals surface area contributed by atoms with Crippen LogP contribution in [-0.4, -0.2) is 52.8 Å². The minimum atomic E-state index is 0.0401. The summed E-state index contributed by atoms with van der Waals surface area (Å²) in [5, 5.41) is 0. The van der Waals surface area contributed by atoms with E-state index in [-0.39, 0.29) is 11.8 Å². The second-order valence-corrected chi connectivity index (χ2v) is 5.44. The minimum absolute atomic E-state index is 0.0401. The molecule has 0 unspecified atom stereocenters. The van der Waals surface area contributed by atoms with Gasteiger partial charge in [-0.2, -0.15) is 0 Å². The maximum atomic E-state index is 12.4. The molecule has 1 N–H and O–H groups in total. The molecular formula is C17H19N3O2. The Labute approximate surface area is 129 Å². The summed E-state index contributed by atoms with van der Waals surface area (Å²) in [5.74, 6) is 0.157. The monoisotopic (exact) mass is 297 g/mol. The van der Waals surface area contributed by atoms with Gasteiger partial charge in [-0.25, -0.2) is 0 Å². The fraction of sp³-hybridized carbons (Fsp3) is 0.294. The van der Waals surface area contributed by atoms with E-state index in [1.165, 1.54) is 0 Å². The number of rotatable bonds is 3. The molecule has 1 aromatic heterocycles. The van der Waals surface area contributed by atoms with Crippen molar-refractivity contribution in [3.63, 3.8) is 0 Å². The number of hydrogen-bond acceptors (Lipinski definition) is 2. The van der Waals surface area contributed by atoms with Crippen LogP contribution in [0.2, 0.25) is 0 Å². The van der Waals surface area contributed by atoms with Crippen LogP contribution in [0.25, 0.3) is 0 Å². The van der Waals surface area contributed by atoms with Gasteiger partial charge in [-0.1, -0.05) is 18.2 Å².